The van der Waals surface area contributed by atoms with E-state index in [0.717, 1.165) is 18.8 Å². The van der Waals surface area contributed by atoms with E-state index in [4.69, 9.17) is 9.47 Å². The van der Waals surface area contributed by atoms with Crippen molar-refractivity contribution in [3.8, 4) is 5.75 Å². The molecular weight excluding hydrogens is 230 g/mol. The predicted octanol–water partition coefficient (Wildman–Crippen LogP) is 1.01. The average molecular weight is 251 g/mol. The first-order chi connectivity index (χ1) is 8.74. The first kappa shape index (κ1) is 13.3. The van der Waals surface area contributed by atoms with Gasteiger partial charge >= 0.3 is 0 Å². The van der Waals surface area contributed by atoms with E-state index >= 15 is 0 Å². The number of aliphatic hydroxyl groups excluding tert-OH is 1. The lowest BCUT2D eigenvalue weighted by molar-refractivity contribution is -0.146. The van der Waals surface area contributed by atoms with Crippen molar-refractivity contribution in [3.05, 3.63) is 30.3 Å². The van der Waals surface area contributed by atoms with Gasteiger partial charge in [0.2, 0.25) is 0 Å². The summed E-state index contributed by atoms with van der Waals surface area (Å²) in [5, 5.41) is 9.35. The van der Waals surface area contributed by atoms with Crippen molar-refractivity contribution in [2.45, 2.75) is 0 Å². The van der Waals surface area contributed by atoms with Crippen LogP contribution in [0.3, 0.4) is 0 Å². The minimum Gasteiger partial charge on any atom is -0.492 e. The normalized spacial score (nSPS) is 17.5. The Balaban J connectivity index is 1.67. The van der Waals surface area contributed by atoms with Crippen LogP contribution in [0.1, 0.15) is 0 Å². The van der Waals surface area contributed by atoms with Gasteiger partial charge in [0.05, 0.1) is 25.2 Å². The molecule has 1 N–H and O–H groups in total. The number of benzene rings is 1. The Hall–Kier alpha value is -1.10. The molecule has 0 saturated carbocycles. The highest BCUT2D eigenvalue weighted by atomic mass is 16.5. The number of likely N-dealkylation sites (N-methyl/N-ethyl adjacent to an activating group) is 1. The summed E-state index contributed by atoms with van der Waals surface area (Å²) < 4.78 is 10.8. The number of nitrogens with zero attached hydrogens (tertiary/aromatic N) is 1. The monoisotopic (exact) mass is 251 g/mol. The molecule has 1 aromatic rings. The minimum absolute atomic E-state index is 0.0541. The van der Waals surface area contributed by atoms with E-state index < -0.39 is 0 Å². The Morgan fingerprint density at radius 2 is 2.06 bits per heavy atom. The first-order valence-electron chi connectivity index (χ1n) is 6.29. The fourth-order valence-corrected chi connectivity index (χ4v) is 2.11. The summed E-state index contributed by atoms with van der Waals surface area (Å²) in [4.78, 5) is 2.18. The molecule has 0 amide bonds. The van der Waals surface area contributed by atoms with Crippen molar-refractivity contribution in [1.29, 1.82) is 0 Å². The minimum atomic E-state index is -0.0541. The van der Waals surface area contributed by atoms with Crippen molar-refractivity contribution in [3.63, 3.8) is 0 Å². The molecule has 1 heterocycles. The zero-order chi connectivity index (χ0) is 12.8. The molecule has 100 valence electrons. The van der Waals surface area contributed by atoms with E-state index in [0.29, 0.717) is 19.8 Å². The number of hydrogen-bond acceptors (Lipinski definition) is 4. The zero-order valence-corrected chi connectivity index (χ0v) is 10.8. The summed E-state index contributed by atoms with van der Waals surface area (Å²) in [6, 6.07) is 9.81. The molecule has 0 aromatic heterocycles. The lowest BCUT2D eigenvalue weighted by Gasteiger charge is -2.42. The van der Waals surface area contributed by atoms with Gasteiger partial charge < -0.3 is 19.5 Å². The molecule has 0 bridgehead atoms. The van der Waals surface area contributed by atoms with Crippen molar-refractivity contribution in [2.24, 2.45) is 5.41 Å². The van der Waals surface area contributed by atoms with Crippen LogP contribution in [-0.4, -0.2) is 56.6 Å². The SMILES string of the molecule is CN(CCOc1ccccc1)CC1(CO)COC1. The number of aliphatic hydroxyl groups is 1. The third-order valence-corrected chi connectivity index (χ3v) is 3.24. The number of hydrogen-bond donors (Lipinski definition) is 1. The van der Waals surface area contributed by atoms with Crippen LogP contribution >= 0.6 is 0 Å². The average Bonchev–Trinajstić information content (AvgIpc) is 2.35. The molecule has 0 aliphatic carbocycles. The fraction of sp³-hybridized carbons (Fsp3) is 0.571. The van der Waals surface area contributed by atoms with Crippen LogP contribution in [0.25, 0.3) is 0 Å². The smallest absolute Gasteiger partial charge is 0.119 e. The third kappa shape index (κ3) is 3.45. The maximum absolute atomic E-state index is 9.35. The van der Waals surface area contributed by atoms with E-state index in [1.54, 1.807) is 0 Å². The van der Waals surface area contributed by atoms with E-state index in [1.165, 1.54) is 0 Å². The van der Waals surface area contributed by atoms with Gasteiger partial charge in [-0.2, -0.15) is 0 Å². The highest BCUT2D eigenvalue weighted by molar-refractivity contribution is 5.20. The van der Waals surface area contributed by atoms with Crippen LogP contribution in [0.2, 0.25) is 0 Å². The summed E-state index contributed by atoms with van der Waals surface area (Å²) >= 11 is 0. The van der Waals surface area contributed by atoms with Gasteiger partial charge in [0, 0.05) is 13.1 Å². The molecule has 1 saturated heterocycles. The summed E-state index contributed by atoms with van der Waals surface area (Å²) in [5.41, 5.74) is -0.0541. The first-order valence-corrected chi connectivity index (χ1v) is 6.29. The molecule has 0 atom stereocenters. The maximum atomic E-state index is 9.35. The van der Waals surface area contributed by atoms with Crippen LogP contribution in [0.4, 0.5) is 0 Å². The topological polar surface area (TPSA) is 41.9 Å². The van der Waals surface area contributed by atoms with Gasteiger partial charge in [0.25, 0.3) is 0 Å². The molecular formula is C14H21NO3. The molecule has 4 heteroatoms. The Kier molecular flexibility index (Phi) is 4.58. The molecule has 4 nitrogen and oxygen atoms in total. The summed E-state index contributed by atoms with van der Waals surface area (Å²) in [6.07, 6.45) is 0. The lowest BCUT2D eigenvalue weighted by atomic mass is 9.86. The zero-order valence-electron chi connectivity index (χ0n) is 10.8. The Morgan fingerprint density at radius 1 is 1.33 bits per heavy atom. The van der Waals surface area contributed by atoms with Gasteiger partial charge in [-0.05, 0) is 19.2 Å². The molecule has 0 radical (unpaired) electrons. The number of rotatable bonds is 7. The van der Waals surface area contributed by atoms with Gasteiger partial charge in [-0.1, -0.05) is 18.2 Å². The highest BCUT2D eigenvalue weighted by Crippen LogP contribution is 2.27. The van der Waals surface area contributed by atoms with Crippen LogP contribution < -0.4 is 4.74 Å². The molecule has 1 aliphatic heterocycles. The molecule has 0 unspecified atom stereocenters. The van der Waals surface area contributed by atoms with Crippen LogP contribution in [0, 0.1) is 5.41 Å². The van der Waals surface area contributed by atoms with Gasteiger partial charge in [-0.3, -0.25) is 0 Å². The Morgan fingerprint density at radius 3 is 2.61 bits per heavy atom. The van der Waals surface area contributed by atoms with E-state index in [-0.39, 0.29) is 12.0 Å². The van der Waals surface area contributed by atoms with Crippen molar-refractivity contribution < 1.29 is 14.6 Å². The number of para-hydroxylation sites is 1. The highest BCUT2D eigenvalue weighted by Gasteiger charge is 2.38. The second-order valence-corrected chi connectivity index (χ2v) is 5.05. The Bertz CT molecular complexity index is 346. The van der Waals surface area contributed by atoms with E-state index in [2.05, 4.69) is 4.90 Å². The Labute approximate surface area is 108 Å². The van der Waals surface area contributed by atoms with E-state index in [9.17, 15) is 5.11 Å². The van der Waals surface area contributed by atoms with E-state index in [1.807, 2.05) is 37.4 Å². The van der Waals surface area contributed by atoms with Crippen LogP contribution in [0.5, 0.6) is 5.75 Å². The summed E-state index contributed by atoms with van der Waals surface area (Å²) in [7, 11) is 2.05. The lowest BCUT2D eigenvalue weighted by Crippen LogP contribution is -2.53. The number of ether oxygens (including phenoxy) is 2. The fourth-order valence-electron chi connectivity index (χ4n) is 2.11. The second-order valence-electron chi connectivity index (χ2n) is 5.05. The van der Waals surface area contributed by atoms with Gasteiger partial charge in [-0.25, -0.2) is 0 Å². The molecule has 2 rings (SSSR count). The summed E-state index contributed by atoms with van der Waals surface area (Å²) in [6.45, 7) is 3.86. The standard InChI is InChI=1S/C14H21NO3/c1-15(9-14(10-16)11-17-12-14)7-8-18-13-5-3-2-4-6-13/h2-6,16H,7-12H2,1H3. The van der Waals surface area contributed by atoms with Crippen molar-refractivity contribution >= 4 is 0 Å². The van der Waals surface area contributed by atoms with Gasteiger partial charge in [-0.15, -0.1) is 0 Å². The van der Waals surface area contributed by atoms with Gasteiger partial charge in [0.15, 0.2) is 0 Å². The molecule has 0 spiro atoms. The van der Waals surface area contributed by atoms with Crippen LogP contribution in [0.15, 0.2) is 30.3 Å². The van der Waals surface area contributed by atoms with Crippen molar-refractivity contribution in [1.82, 2.24) is 4.90 Å². The quantitative estimate of drug-likeness (QED) is 0.785. The predicted molar refractivity (Wildman–Crippen MR) is 69.8 cm³/mol. The van der Waals surface area contributed by atoms with Crippen LogP contribution in [-0.2, 0) is 4.74 Å². The van der Waals surface area contributed by atoms with Crippen molar-refractivity contribution in [2.75, 3.05) is 46.6 Å². The maximum Gasteiger partial charge on any atom is 0.119 e. The second kappa shape index (κ2) is 6.18. The van der Waals surface area contributed by atoms with Gasteiger partial charge in [0.1, 0.15) is 12.4 Å². The third-order valence-electron chi connectivity index (χ3n) is 3.24. The molecule has 1 fully saturated rings. The summed E-state index contributed by atoms with van der Waals surface area (Å²) in [5.74, 6) is 0.898. The molecule has 1 aliphatic rings. The largest absolute Gasteiger partial charge is 0.492 e. The molecule has 18 heavy (non-hydrogen) atoms. The molecule has 1 aromatic carbocycles.